The highest BCUT2D eigenvalue weighted by Crippen LogP contribution is 2.19. The number of hydrogen-bond acceptors (Lipinski definition) is 4. The second-order valence-corrected chi connectivity index (χ2v) is 5.91. The van der Waals surface area contributed by atoms with Gasteiger partial charge in [-0.25, -0.2) is 0 Å². The van der Waals surface area contributed by atoms with E-state index in [9.17, 15) is 9.59 Å². The van der Waals surface area contributed by atoms with Crippen LogP contribution in [0, 0.1) is 0 Å². The summed E-state index contributed by atoms with van der Waals surface area (Å²) in [6.45, 7) is 12.1. The largest absolute Gasteiger partial charge is 0.480 e. The van der Waals surface area contributed by atoms with Crippen LogP contribution in [0.25, 0.3) is 0 Å². The third-order valence-corrected chi connectivity index (χ3v) is 4.74. The topological polar surface area (TPSA) is 64.1 Å². The van der Waals surface area contributed by atoms with Gasteiger partial charge in [-0.15, -0.1) is 12.4 Å². The Kier molecular flexibility index (Phi) is 10.4. The Morgan fingerprint density at radius 2 is 1.65 bits per heavy atom. The number of likely N-dealkylation sites (tertiary alicyclic amines) is 1. The van der Waals surface area contributed by atoms with E-state index in [1.54, 1.807) is 0 Å². The van der Waals surface area contributed by atoms with Crippen molar-refractivity contribution in [3.63, 3.8) is 0 Å². The molecule has 1 unspecified atom stereocenters. The minimum atomic E-state index is -0.769. The van der Waals surface area contributed by atoms with E-state index in [-0.39, 0.29) is 30.9 Å². The Bertz CT molecular complexity index is 370. The number of amides is 1. The number of carbonyl (C=O) groups excluding carboxylic acids is 1. The minimum absolute atomic E-state index is 0. The first-order valence-corrected chi connectivity index (χ1v) is 8.43. The van der Waals surface area contributed by atoms with Crippen molar-refractivity contribution in [2.45, 2.75) is 52.6 Å². The lowest BCUT2D eigenvalue weighted by Gasteiger charge is -2.40. The monoisotopic (exact) mass is 349 g/mol. The van der Waals surface area contributed by atoms with Crippen molar-refractivity contribution in [1.29, 1.82) is 0 Å². The molecule has 1 aliphatic rings. The molecule has 0 radical (unpaired) electrons. The highest BCUT2D eigenvalue weighted by atomic mass is 35.5. The number of carboxylic acid groups (broad SMARTS) is 1. The minimum Gasteiger partial charge on any atom is -0.480 e. The van der Waals surface area contributed by atoms with Crippen molar-refractivity contribution in [3.05, 3.63) is 0 Å². The Hall–Kier alpha value is -0.850. The summed E-state index contributed by atoms with van der Waals surface area (Å²) in [6, 6.07) is 0.225. The van der Waals surface area contributed by atoms with Gasteiger partial charge in [0.25, 0.3) is 0 Å². The zero-order valence-corrected chi connectivity index (χ0v) is 15.6. The van der Waals surface area contributed by atoms with E-state index in [1.807, 2.05) is 37.5 Å². The van der Waals surface area contributed by atoms with E-state index in [4.69, 9.17) is 5.11 Å². The van der Waals surface area contributed by atoms with Crippen molar-refractivity contribution in [2.75, 3.05) is 39.3 Å². The van der Waals surface area contributed by atoms with Gasteiger partial charge < -0.3 is 10.0 Å². The summed E-state index contributed by atoms with van der Waals surface area (Å²) in [5.41, 5.74) is 0. The molecule has 1 fully saturated rings. The first-order valence-electron chi connectivity index (χ1n) is 8.43. The quantitative estimate of drug-likeness (QED) is 0.720. The van der Waals surface area contributed by atoms with E-state index in [1.165, 1.54) is 0 Å². The van der Waals surface area contributed by atoms with Gasteiger partial charge in [0.05, 0.1) is 12.6 Å². The molecular formula is C16H32ClN3O3. The van der Waals surface area contributed by atoms with Crippen LogP contribution in [0.3, 0.4) is 0 Å². The fraction of sp³-hybridized carbons (Fsp3) is 0.875. The summed E-state index contributed by atoms with van der Waals surface area (Å²) in [5.74, 6) is -0.573. The fourth-order valence-electron chi connectivity index (χ4n) is 3.27. The van der Waals surface area contributed by atoms with Gasteiger partial charge in [-0.1, -0.05) is 6.92 Å². The van der Waals surface area contributed by atoms with Gasteiger partial charge in [-0.3, -0.25) is 19.4 Å². The van der Waals surface area contributed by atoms with Crippen LogP contribution in [0.2, 0.25) is 0 Å². The van der Waals surface area contributed by atoms with E-state index in [0.29, 0.717) is 6.04 Å². The van der Waals surface area contributed by atoms with Gasteiger partial charge in [0.1, 0.15) is 0 Å². The van der Waals surface area contributed by atoms with Crippen LogP contribution in [-0.4, -0.2) is 83.0 Å². The molecule has 6 nitrogen and oxygen atoms in total. The number of rotatable bonds is 8. The lowest BCUT2D eigenvalue weighted by Crippen LogP contribution is -2.53. The molecule has 23 heavy (non-hydrogen) atoms. The molecule has 0 aromatic rings. The van der Waals surface area contributed by atoms with Crippen LogP contribution in [0.4, 0.5) is 0 Å². The Morgan fingerprint density at radius 3 is 2.04 bits per heavy atom. The van der Waals surface area contributed by atoms with E-state index in [2.05, 4.69) is 4.90 Å². The van der Waals surface area contributed by atoms with Crippen LogP contribution in [0.5, 0.6) is 0 Å². The number of piperidine rings is 1. The summed E-state index contributed by atoms with van der Waals surface area (Å²) >= 11 is 0. The molecule has 1 heterocycles. The van der Waals surface area contributed by atoms with Crippen molar-refractivity contribution in [1.82, 2.24) is 14.7 Å². The first kappa shape index (κ1) is 22.1. The zero-order chi connectivity index (χ0) is 16.7. The predicted molar refractivity (Wildman–Crippen MR) is 94.1 cm³/mol. The van der Waals surface area contributed by atoms with E-state index >= 15 is 0 Å². The molecule has 1 atom stereocenters. The van der Waals surface area contributed by atoms with Crippen molar-refractivity contribution < 1.29 is 14.7 Å². The SMILES string of the molecule is CCN(CC)C(=O)C(C)N1CCC(N(CC)CC(=O)O)CC1.Cl. The Morgan fingerprint density at radius 1 is 1.13 bits per heavy atom. The second-order valence-electron chi connectivity index (χ2n) is 5.91. The Labute approximate surface area is 146 Å². The summed E-state index contributed by atoms with van der Waals surface area (Å²) in [6.07, 6.45) is 1.86. The second kappa shape index (κ2) is 10.8. The van der Waals surface area contributed by atoms with Crippen molar-refractivity contribution >= 4 is 24.3 Å². The summed E-state index contributed by atoms with van der Waals surface area (Å²) in [4.78, 5) is 29.5. The molecule has 1 rings (SSSR count). The molecule has 1 aliphatic heterocycles. The van der Waals surface area contributed by atoms with Gasteiger partial charge in [0, 0.05) is 32.2 Å². The van der Waals surface area contributed by atoms with Gasteiger partial charge in [0.15, 0.2) is 0 Å². The molecule has 0 aromatic heterocycles. The van der Waals surface area contributed by atoms with Crippen LogP contribution in [-0.2, 0) is 9.59 Å². The van der Waals surface area contributed by atoms with E-state index < -0.39 is 5.97 Å². The third-order valence-electron chi connectivity index (χ3n) is 4.74. The number of hydrogen-bond donors (Lipinski definition) is 1. The van der Waals surface area contributed by atoms with E-state index in [0.717, 1.165) is 45.6 Å². The maximum absolute atomic E-state index is 12.4. The van der Waals surface area contributed by atoms with Crippen LogP contribution in [0.1, 0.15) is 40.5 Å². The summed E-state index contributed by atoms with van der Waals surface area (Å²) < 4.78 is 0. The molecular weight excluding hydrogens is 318 g/mol. The summed E-state index contributed by atoms with van der Waals surface area (Å²) in [5, 5.41) is 8.97. The normalized spacial score (nSPS) is 17.6. The number of nitrogens with zero attached hydrogens (tertiary/aromatic N) is 3. The number of halogens is 1. The number of likely N-dealkylation sites (N-methyl/N-ethyl adjacent to an activating group) is 2. The molecule has 0 aliphatic carbocycles. The molecule has 0 aromatic carbocycles. The fourth-order valence-corrected chi connectivity index (χ4v) is 3.27. The molecule has 1 amide bonds. The molecule has 7 heteroatoms. The molecule has 136 valence electrons. The number of carbonyl (C=O) groups is 2. The van der Waals surface area contributed by atoms with Crippen LogP contribution in [0.15, 0.2) is 0 Å². The molecule has 0 bridgehead atoms. The van der Waals surface area contributed by atoms with Crippen LogP contribution >= 0.6 is 12.4 Å². The van der Waals surface area contributed by atoms with Crippen molar-refractivity contribution in [2.24, 2.45) is 0 Å². The third kappa shape index (κ3) is 6.28. The average molecular weight is 350 g/mol. The lowest BCUT2D eigenvalue weighted by atomic mass is 10.0. The molecule has 1 N–H and O–H groups in total. The smallest absolute Gasteiger partial charge is 0.317 e. The maximum Gasteiger partial charge on any atom is 0.317 e. The van der Waals surface area contributed by atoms with Gasteiger partial charge in [-0.2, -0.15) is 0 Å². The summed E-state index contributed by atoms with van der Waals surface area (Å²) in [7, 11) is 0. The number of aliphatic carboxylic acids is 1. The standard InChI is InChI=1S/C16H31N3O3.ClH/c1-5-17(6-2)16(22)13(4)19-10-8-14(9-11-19)18(7-3)12-15(20)21;/h13-14H,5-12H2,1-4H3,(H,20,21);1H. The van der Waals surface area contributed by atoms with Crippen molar-refractivity contribution in [3.8, 4) is 0 Å². The first-order chi connectivity index (χ1) is 10.4. The highest BCUT2D eigenvalue weighted by molar-refractivity contribution is 5.85. The highest BCUT2D eigenvalue weighted by Gasteiger charge is 2.30. The average Bonchev–Trinajstić information content (AvgIpc) is 2.53. The Balaban J connectivity index is 0.00000484. The molecule has 0 spiro atoms. The van der Waals surface area contributed by atoms with Crippen LogP contribution < -0.4 is 0 Å². The lowest BCUT2D eigenvalue weighted by molar-refractivity contribution is -0.139. The molecule has 1 saturated heterocycles. The predicted octanol–water partition coefficient (Wildman–Crippen LogP) is 1.54. The van der Waals surface area contributed by atoms with Gasteiger partial charge in [-0.05, 0) is 40.2 Å². The van der Waals surface area contributed by atoms with Gasteiger partial charge in [0.2, 0.25) is 5.91 Å². The zero-order valence-electron chi connectivity index (χ0n) is 14.8. The maximum atomic E-state index is 12.4. The number of carboxylic acids is 1. The molecule has 0 saturated carbocycles. The van der Waals surface area contributed by atoms with Gasteiger partial charge >= 0.3 is 5.97 Å².